The van der Waals surface area contributed by atoms with E-state index in [0.717, 1.165) is 32.4 Å². The summed E-state index contributed by atoms with van der Waals surface area (Å²) in [4.78, 5) is 30.5. The summed E-state index contributed by atoms with van der Waals surface area (Å²) in [6.45, 7) is 3.37. The summed E-state index contributed by atoms with van der Waals surface area (Å²) in [6.07, 6.45) is 5.46. The molecule has 176 valence electrons. The van der Waals surface area contributed by atoms with E-state index in [1.54, 1.807) is 13.2 Å². The van der Waals surface area contributed by atoms with E-state index >= 15 is 0 Å². The first kappa shape index (κ1) is 23.3. The van der Waals surface area contributed by atoms with E-state index in [0.29, 0.717) is 36.9 Å². The molecule has 6 heteroatoms. The number of methoxy groups -OCH3 is 1. The van der Waals surface area contributed by atoms with Crippen molar-refractivity contribution in [3.63, 3.8) is 0 Å². The van der Waals surface area contributed by atoms with Gasteiger partial charge in [-0.2, -0.15) is 0 Å². The van der Waals surface area contributed by atoms with Crippen molar-refractivity contribution in [3.05, 3.63) is 65.7 Å². The number of ether oxygens (including phenoxy) is 1. The number of hydrogen-bond acceptors (Lipinski definition) is 4. The van der Waals surface area contributed by atoms with Gasteiger partial charge in [-0.05, 0) is 48.9 Å². The number of carbonyl (C=O) groups excluding carboxylic acids is 2. The van der Waals surface area contributed by atoms with Crippen LogP contribution in [0, 0.1) is 5.92 Å². The number of hydrogen-bond donors (Lipinski definition) is 1. The van der Waals surface area contributed by atoms with Crippen LogP contribution in [0.5, 0.6) is 5.75 Å². The highest BCUT2D eigenvalue weighted by molar-refractivity contribution is 5.94. The van der Waals surface area contributed by atoms with E-state index in [1.165, 1.54) is 18.4 Å². The third-order valence-electron chi connectivity index (χ3n) is 6.98. The predicted octanol–water partition coefficient (Wildman–Crippen LogP) is 3.37. The Bertz CT molecular complexity index is 919. The zero-order valence-corrected chi connectivity index (χ0v) is 19.5. The zero-order valence-electron chi connectivity index (χ0n) is 19.5. The summed E-state index contributed by atoms with van der Waals surface area (Å²) in [5.74, 6) is 1.26. The summed E-state index contributed by atoms with van der Waals surface area (Å²) >= 11 is 0. The van der Waals surface area contributed by atoms with Crippen LogP contribution in [0.2, 0.25) is 0 Å². The van der Waals surface area contributed by atoms with E-state index in [9.17, 15) is 9.59 Å². The third-order valence-corrected chi connectivity index (χ3v) is 6.98. The topological polar surface area (TPSA) is 61.9 Å². The largest absolute Gasteiger partial charge is 0.497 e. The van der Waals surface area contributed by atoms with E-state index < -0.39 is 0 Å². The van der Waals surface area contributed by atoms with Gasteiger partial charge in [-0.25, -0.2) is 0 Å². The Kier molecular flexibility index (Phi) is 8.00. The summed E-state index contributed by atoms with van der Waals surface area (Å²) < 4.78 is 5.26. The van der Waals surface area contributed by atoms with Crippen molar-refractivity contribution in [1.29, 1.82) is 0 Å². The van der Waals surface area contributed by atoms with Crippen LogP contribution in [0.3, 0.4) is 0 Å². The van der Waals surface area contributed by atoms with Crippen LogP contribution in [-0.2, 0) is 11.2 Å². The van der Waals surface area contributed by atoms with Crippen molar-refractivity contribution in [1.82, 2.24) is 15.1 Å². The van der Waals surface area contributed by atoms with Crippen LogP contribution in [0.15, 0.2) is 54.6 Å². The molecular formula is C27H35N3O3. The monoisotopic (exact) mass is 449 g/mol. The standard InChI is InChI=1S/C27H35N3O3/c1-33-24-13-7-12-23(20-24)27(32)30-18-16-29(17-19-30)25(22-10-5-6-11-22)26(31)28-15-14-21-8-3-2-4-9-21/h2-4,7-9,12-13,20,22,25H,5-6,10-11,14-19H2,1H3,(H,28,31)/t25-/m0/s1. The second-order valence-electron chi connectivity index (χ2n) is 9.08. The summed E-state index contributed by atoms with van der Waals surface area (Å²) in [5.41, 5.74) is 1.88. The van der Waals surface area contributed by atoms with Gasteiger partial charge in [0, 0.05) is 38.3 Å². The van der Waals surface area contributed by atoms with Crippen molar-refractivity contribution >= 4 is 11.8 Å². The number of rotatable bonds is 8. The lowest BCUT2D eigenvalue weighted by molar-refractivity contribution is -0.129. The Hall–Kier alpha value is -2.86. The molecule has 2 amide bonds. The first-order chi connectivity index (χ1) is 16.2. The van der Waals surface area contributed by atoms with E-state index in [-0.39, 0.29) is 17.9 Å². The molecule has 33 heavy (non-hydrogen) atoms. The normalized spacial score (nSPS) is 18.2. The van der Waals surface area contributed by atoms with Crippen LogP contribution in [0.25, 0.3) is 0 Å². The van der Waals surface area contributed by atoms with Crippen LogP contribution >= 0.6 is 0 Å². The van der Waals surface area contributed by atoms with Crippen molar-refractivity contribution in [2.45, 2.75) is 38.1 Å². The average molecular weight is 450 g/mol. The Labute approximate surface area is 196 Å². The third kappa shape index (κ3) is 5.93. The van der Waals surface area contributed by atoms with Gasteiger partial charge in [0.05, 0.1) is 13.2 Å². The molecule has 2 fully saturated rings. The second-order valence-corrected chi connectivity index (χ2v) is 9.08. The fraction of sp³-hybridized carbons (Fsp3) is 0.481. The summed E-state index contributed by atoms with van der Waals surface area (Å²) in [5, 5.41) is 3.20. The molecule has 0 bridgehead atoms. The first-order valence-corrected chi connectivity index (χ1v) is 12.1. The molecule has 6 nitrogen and oxygen atoms in total. The van der Waals surface area contributed by atoms with Crippen molar-refractivity contribution in [3.8, 4) is 5.75 Å². The molecule has 0 unspecified atom stereocenters. The number of carbonyl (C=O) groups is 2. The lowest BCUT2D eigenvalue weighted by atomic mass is 9.94. The number of amides is 2. The number of piperazine rings is 1. The molecule has 2 aromatic carbocycles. The van der Waals surface area contributed by atoms with E-state index in [4.69, 9.17) is 4.74 Å². The maximum atomic E-state index is 13.3. The first-order valence-electron chi connectivity index (χ1n) is 12.1. The molecule has 1 N–H and O–H groups in total. The molecule has 0 radical (unpaired) electrons. The highest BCUT2D eigenvalue weighted by atomic mass is 16.5. The second kappa shape index (κ2) is 11.3. The van der Waals surface area contributed by atoms with Crippen molar-refractivity contribution < 1.29 is 14.3 Å². The molecule has 1 atom stereocenters. The quantitative estimate of drug-likeness (QED) is 0.671. The SMILES string of the molecule is COc1cccc(C(=O)N2CCN([C@H](C(=O)NCCc3ccccc3)C3CCCC3)CC2)c1. The zero-order chi connectivity index (χ0) is 23.0. The van der Waals surface area contributed by atoms with Gasteiger partial charge in [0.15, 0.2) is 0 Å². The highest BCUT2D eigenvalue weighted by Gasteiger charge is 2.37. The Morgan fingerprint density at radius 3 is 2.42 bits per heavy atom. The van der Waals surface area contributed by atoms with Gasteiger partial charge in [-0.1, -0.05) is 49.2 Å². The highest BCUT2D eigenvalue weighted by Crippen LogP contribution is 2.31. The lowest BCUT2D eigenvalue weighted by Gasteiger charge is -2.40. The van der Waals surface area contributed by atoms with Crippen LogP contribution < -0.4 is 10.1 Å². The molecule has 0 aromatic heterocycles. The minimum absolute atomic E-state index is 0.0262. The predicted molar refractivity (Wildman–Crippen MR) is 129 cm³/mol. The van der Waals surface area contributed by atoms with E-state index in [2.05, 4.69) is 22.3 Å². The van der Waals surface area contributed by atoms with Crippen LogP contribution in [0.1, 0.15) is 41.6 Å². The molecule has 2 aromatic rings. The Morgan fingerprint density at radius 2 is 1.73 bits per heavy atom. The minimum Gasteiger partial charge on any atom is -0.497 e. The maximum Gasteiger partial charge on any atom is 0.254 e. The van der Waals surface area contributed by atoms with Gasteiger partial charge in [0.25, 0.3) is 5.91 Å². The average Bonchev–Trinajstić information content (AvgIpc) is 3.39. The number of nitrogens with zero attached hydrogens (tertiary/aromatic N) is 2. The summed E-state index contributed by atoms with van der Waals surface area (Å²) in [7, 11) is 1.61. The van der Waals surface area contributed by atoms with Gasteiger partial charge < -0.3 is 15.0 Å². The molecular weight excluding hydrogens is 414 g/mol. The molecule has 0 spiro atoms. The fourth-order valence-electron chi connectivity index (χ4n) is 5.17. The Morgan fingerprint density at radius 1 is 1.00 bits per heavy atom. The molecule has 1 aliphatic carbocycles. The fourth-order valence-corrected chi connectivity index (χ4v) is 5.17. The van der Waals surface area contributed by atoms with Crippen molar-refractivity contribution in [2.24, 2.45) is 5.92 Å². The number of benzene rings is 2. The molecule has 2 aliphatic rings. The van der Waals surface area contributed by atoms with Crippen LogP contribution in [-0.4, -0.2) is 67.5 Å². The Balaban J connectivity index is 1.35. The van der Waals surface area contributed by atoms with Crippen molar-refractivity contribution in [2.75, 3.05) is 39.8 Å². The smallest absolute Gasteiger partial charge is 0.254 e. The molecule has 4 rings (SSSR count). The lowest BCUT2D eigenvalue weighted by Crippen LogP contribution is -2.58. The minimum atomic E-state index is -0.0997. The molecule has 1 aliphatic heterocycles. The van der Waals surface area contributed by atoms with Gasteiger partial charge >= 0.3 is 0 Å². The molecule has 1 heterocycles. The van der Waals surface area contributed by atoms with Gasteiger partial charge in [-0.3, -0.25) is 14.5 Å². The number of nitrogens with one attached hydrogen (secondary N) is 1. The van der Waals surface area contributed by atoms with Gasteiger partial charge in [-0.15, -0.1) is 0 Å². The van der Waals surface area contributed by atoms with E-state index in [1.807, 2.05) is 41.3 Å². The van der Waals surface area contributed by atoms with Crippen LogP contribution in [0.4, 0.5) is 0 Å². The molecule has 1 saturated carbocycles. The maximum absolute atomic E-state index is 13.3. The summed E-state index contributed by atoms with van der Waals surface area (Å²) in [6, 6.07) is 17.5. The molecule has 1 saturated heterocycles. The van der Waals surface area contributed by atoms with Gasteiger partial charge in [0.1, 0.15) is 5.75 Å². The van der Waals surface area contributed by atoms with Gasteiger partial charge in [0.2, 0.25) is 5.91 Å².